The number of anilines is 1. The molecule has 1 N–H and O–H groups in total. The van der Waals surface area contributed by atoms with Crippen molar-refractivity contribution in [2.24, 2.45) is 0 Å². The summed E-state index contributed by atoms with van der Waals surface area (Å²) in [6, 6.07) is 20.0. The first kappa shape index (κ1) is 33.0. The quantitative estimate of drug-likeness (QED) is 0.237. The van der Waals surface area contributed by atoms with Crippen LogP contribution in [0.3, 0.4) is 0 Å². The summed E-state index contributed by atoms with van der Waals surface area (Å²) >= 11 is 1.51. The Morgan fingerprint density at radius 2 is 1.55 bits per heavy atom. The molecule has 2 amide bonds. The number of sulfonamides is 1. The third kappa shape index (κ3) is 8.51. The third-order valence-electron chi connectivity index (χ3n) is 6.65. The first-order valence-electron chi connectivity index (χ1n) is 14.0. The minimum Gasteiger partial charge on any atom is -0.494 e. The number of aryl methyl sites for hydroxylation is 1. The number of ether oxygens (including phenoxy) is 1. The average Bonchev–Trinajstić information content (AvgIpc) is 2.97. The molecule has 1 atom stereocenters. The molecule has 0 saturated carbocycles. The van der Waals surface area contributed by atoms with Gasteiger partial charge in [-0.3, -0.25) is 13.9 Å². The largest absolute Gasteiger partial charge is 0.494 e. The highest BCUT2D eigenvalue weighted by atomic mass is 32.2. The predicted octanol–water partition coefficient (Wildman–Crippen LogP) is 5.64. The minimum absolute atomic E-state index is 0.0664. The van der Waals surface area contributed by atoms with E-state index in [1.807, 2.05) is 65.1 Å². The fourth-order valence-corrected chi connectivity index (χ4v) is 6.29. The highest BCUT2D eigenvalue weighted by Crippen LogP contribution is 2.28. The Morgan fingerprint density at radius 1 is 0.929 bits per heavy atom. The highest BCUT2D eigenvalue weighted by Gasteiger charge is 2.34. The zero-order chi connectivity index (χ0) is 30.9. The van der Waals surface area contributed by atoms with Gasteiger partial charge < -0.3 is 15.0 Å². The van der Waals surface area contributed by atoms with Crippen LogP contribution in [0.5, 0.6) is 5.75 Å². The second kappa shape index (κ2) is 15.1. The van der Waals surface area contributed by atoms with Crippen molar-refractivity contribution in [2.45, 2.75) is 69.5 Å². The van der Waals surface area contributed by atoms with Gasteiger partial charge >= 0.3 is 0 Å². The van der Waals surface area contributed by atoms with Crippen molar-refractivity contribution in [3.63, 3.8) is 0 Å². The molecule has 0 saturated heterocycles. The number of nitrogens with one attached hydrogen (secondary N) is 1. The summed E-state index contributed by atoms with van der Waals surface area (Å²) < 4.78 is 34.8. The van der Waals surface area contributed by atoms with Gasteiger partial charge in [0.15, 0.2) is 0 Å². The zero-order valence-corrected chi connectivity index (χ0v) is 26.8. The number of hydrogen-bond donors (Lipinski definition) is 1. The number of rotatable bonds is 14. The number of amides is 2. The number of carbonyl (C=O) groups is 2. The summed E-state index contributed by atoms with van der Waals surface area (Å²) in [7, 11) is -4.15. The topological polar surface area (TPSA) is 96.0 Å². The Balaban J connectivity index is 2.06. The van der Waals surface area contributed by atoms with Crippen molar-refractivity contribution < 1.29 is 22.7 Å². The van der Waals surface area contributed by atoms with Gasteiger partial charge in [-0.25, -0.2) is 8.42 Å². The van der Waals surface area contributed by atoms with E-state index in [0.29, 0.717) is 24.5 Å². The summed E-state index contributed by atoms with van der Waals surface area (Å²) in [4.78, 5) is 29.9. The van der Waals surface area contributed by atoms with Crippen LogP contribution in [-0.2, 0) is 26.2 Å². The Labute approximate surface area is 254 Å². The normalized spacial score (nSPS) is 12.1. The molecule has 3 aromatic carbocycles. The van der Waals surface area contributed by atoms with Crippen LogP contribution in [0, 0.1) is 6.92 Å². The third-order valence-corrected chi connectivity index (χ3v) is 9.18. The molecule has 0 bridgehead atoms. The van der Waals surface area contributed by atoms with Gasteiger partial charge in [-0.05, 0) is 94.5 Å². The van der Waals surface area contributed by atoms with Gasteiger partial charge in [0.25, 0.3) is 10.0 Å². The molecular formula is C32H41N3O5S2. The van der Waals surface area contributed by atoms with Crippen LogP contribution < -0.4 is 14.4 Å². The van der Waals surface area contributed by atoms with Crippen molar-refractivity contribution in [1.82, 2.24) is 10.2 Å². The molecule has 0 aromatic heterocycles. The molecule has 10 heteroatoms. The van der Waals surface area contributed by atoms with Gasteiger partial charge in [-0.15, -0.1) is 11.8 Å². The molecule has 0 heterocycles. The van der Waals surface area contributed by atoms with Crippen LogP contribution >= 0.6 is 11.8 Å². The second-order valence-corrected chi connectivity index (χ2v) is 13.0. The van der Waals surface area contributed by atoms with Gasteiger partial charge in [0.05, 0.1) is 17.2 Å². The fraction of sp³-hybridized carbons (Fsp3) is 0.375. The number of hydrogen-bond acceptors (Lipinski definition) is 6. The van der Waals surface area contributed by atoms with Crippen molar-refractivity contribution in [2.75, 3.05) is 23.7 Å². The first-order chi connectivity index (χ1) is 20.0. The lowest BCUT2D eigenvalue weighted by molar-refractivity contribution is -0.140. The van der Waals surface area contributed by atoms with Gasteiger partial charge in [-0.2, -0.15) is 0 Å². The Kier molecular flexibility index (Phi) is 11.9. The molecule has 0 aliphatic rings. The molecule has 0 spiro atoms. The maximum Gasteiger partial charge on any atom is 0.264 e. The minimum atomic E-state index is -4.15. The lowest BCUT2D eigenvalue weighted by Gasteiger charge is -2.33. The molecule has 226 valence electrons. The van der Waals surface area contributed by atoms with E-state index in [9.17, 15) is 18.0 Å². The molecule has 0 radical (unpaired) electrons. The summed E-state index contributed by atoms with van der Waals surface area (Å²) in [6.07, 6.45) is 2.28. The van der Waals surface area contributed by atoms with Gasteiger partial charge in [0.1, 0.15) is 18.3 Å². The van der Waals surface area contributed by atoms with E-state index in [1.54, 1.807) is 48.5 Å². The maximum atomic E-state index is 14.1. The van der Waals surface area contributed by atoms with E-state index in [1.165, 1.54) is 16.7 Å². The highest BCUT2D eigenvalue weighted by molar-refractivity contribution is 7.98. The van der Waals surface area contributed by atoms with Gasteiger partial charge in [0, 0.05) is 17.5 Å². The molecule has 3 aromatic rings. The van der Waals surface area contributed by atoms with E-state index in [2.05, 4.69) is 5.32 Å². The van der Waals surface area contributed by atoms with Crippen LogP contribution in [0.15, 0.2) is 82.6 Å². The monoisotopic (exact) mass is 611 g/mol. The van der Waals surface area contributed by atoms with Crippen molar-refractivity contribution >= 4 is 39.3 Å². The van der Waals surface area contributed by atoms with Crippen LogP contribution in [0.2, 0.25) is 0 Å². The van der Waals surface area contributed by atoms with Crippen molar-refractivity contribution in [3.05, 3.63) is 83.9 Å². The second-order valence-electron chi connectivity index (χ2n) is 10.2. The van der Waals surface area contributed by atoms with Crippen LogP contribution in [0.1, 0.15) is 45.2 Å². The average molecular weight is 612 g/mol. The van der Waals surface area contributed by atoms with E-state index in [-0.39, 0.29) is 23.4 Å². The zero-order valence-electron chi connectivity index (χ0n) is 25.2. The Morgan fingerprint density at radius 3 is 2.07 bits per heavy atom. The van der Waals surface area contributed by atoms with Gasteiger partial charge in [-0.1, -0.05) is 36.8 Å². The number of nitrogens with zero attached hydrogens (tertiary/aromatic N) is 2. The molecule has 0 aliphatic carbocycles. The summed E-state index contributed by atoms with van der Waals surface area (Å²) in [5, 5.41) is 2.91. The predicted molar refractivity (Wildman–Crippen MR) is 169 cm³/mol. The fourth-order valence-electron chi connectivity index (χ4n) is 4.47. The summed E-state index contributed by atoms with van der Waals surface area (Å²) in [5.74, 6) is -0.178. The van der Waals surface area contributed by atoms with Crippen molar-refractivity contribution in [3.8, 4) is 5.75 Å². The molecule has 8 nitrogen and oxygen atoms in total. The standard InChI is InChI=1S/C32H41N3O5S2/c1-7-30(32(37)33-23(3)4)34(21-25-11-9-24(5)10-12-25)31(36)22-35(26-13-15-27(16-14-26)40-8-2)42(38,39)29-19-17-28(41-6)18-20-29/h9-20,23,30H,7-8,21-22H2,1-6H3,(H,33,37). The molecule has 1 unspecified atom stereocenters. The summed E-state index contributed by atoms with van der Waals surface area (Å²) in [5.41, 5.74) is 2.23. The molecule has 0 aliphatic heterocycles. The molecular weight excluding hydrogens is 571 g/mol. The number of benzene rings is 3. The first-order valence-corrected chi connectivity index (χ1v) is 16.7. The molecule has 3 rings (SSSR count). The SMILES string of the molecule is CCOc1ccc(N(CC(=O)N(Cc2ccc(C)cc2)C(CC)C(=O)NC(C)C)S(=O)(=O)c2ccc(SC)cc2)cc1. The summed E-state index contributed by atoms with van der Waals surface area (Å²) in [6.45, 7) is 9.53. The van der Waals surface area contributed by atoms with E-state index < -0.39 is 28.5 Å². The lowest BCUT2D eigenvalue weighted by atomic mass is 10.1. The van der Waals surface area contributed by atoms with E-state index >= 15 is 0 Å². The van der Waals surface area contributed by atoms with Crippen molar-refractivity contribution in [1.29, 1.82) is 0 Å². The van der Waals surface area contributed by atoms with E-state index in [0.717, 1.165) is 20.3 Å². The number of thioether (sulfide) groups is 1. The van der Waals surface area contributed by atoms with Crippen LogP contribution in [0.25, 0.3) is 0 Å². The van der Waals surface area contributed by atoms with Crippen LogP contribution in [-0.4, -0.2) is 56.6 Å². The van der Waals surface area contributed by atoms with E-state index in [4.69, 9.17) is 4.74 Å². The van der Waals surface area contributed by atoms with Gasteiger partial charge in [0.2, 0.25) is 11.8 Å². The Hall–Kier alpha value is -3.50. The van der Waals surface area contributed by atoms with Crippen LogP contribution in [0.4, 0.5) is 5.69 Å². The smallest absolute Gasteiger partial charge is 0.264 e. The molecule has 42 heavy (non-hydrogen) atoms. The lowest BCUT2D eigenvalue weighted by Crippen LogP contribution is -2.53. The number of carbonyl (C=O) groups excluding carboxylic acids is 2. The Bertz CT molecular complexity index is 1420. The molecule has 0 fully saturated rings. The maximum absolute atomic E-state index is 14.1.